The number of aryl methyl sites for hydroxylation is 1. The summed E-state index contributed by atoms with van der Waals surface area (Å²) in [6.07, 6.45) is -0.527. The van der Waals surface area contributed by atoms with Crippen LogP contribution < -0.4 is 11.1 Å². The van der Waals surface area contributed by atoms with Crippen molar-refractivity contribution in [1.82, 2.24) is 5.32 Å². The van der Waals surface area contributed by atoms with Crippen molar-refractivity contribution in [2.75, 3.05) is 12.3 Å². The lowest BCUT2D eigenvalue weighted by Crippen LogP contribution is -2.35. The van der Waals surface area contributed by atoms with Crippen LogP contribution in [0, 0.1) is 12.8 Å². The molecule has 0 saturated carbocycles. The molecular weight excluding hydrogens is 216 g/mol. The van der Waals surface area contributed by atoms with Crippen molar-refractivity contribution >= 4 is 11.6 Å². The second kappa shape index (κ2) is 5.68. The zero-order valence-electron chi connectivity index (χ0n) is 10.5. The van der Waals surface area contributed by atoms with E-state index in [4.69, 9.17) is 5.73 Å². The smallest absolute Gasteiger partial charge is 0.251 e. The van der Waals surface area contributed by atoms with Crippen LogP contribution in [0.2, 0.25) is 0 Å². The van der Waals surface area contributed by atoms with E-state index in [9.17, 15) is 9.90 Å². The molecule has 0 bridgehead atoms. The number of nitrogens with one attached hydrogen (secondary N) is 1. The molecule has 0 fully saturated rings. The van der Waals surface area contributed by atoms with Gasteiger partial charge in [-0.25, -0.2) is 0 Å². The van der Waals surface area contributed by atoms with Crippen LogP contribution in [0.15, 0.2) is 18.2 Å². The molecule has 0 aliphatic heterocycles. The van der Waals surface area contributed by atoms with Gasteiger partial charge in [0, 0.05) is 17.8 Å². The number of amides is 1. The summed E-state index contributed by atoms with van der Waals surface area (Å²) in [5.74, 6) is -0.0771. The minimum Gasteiger partial charge on any atom is -0.399 e. The van der Waals surface area contributed by atoms with E-state index in [2.05, 4.69) is 5.32 Å². The number of hydrogen-bond donors (Lipinski definition) is 3. The molecule has 0 saturated heterocycles. The van der Waals surface area contributed by atoms with Crippen LogP contribution in [0.4, 0.5) is 5.69 Å². The SMILES string of the molecule is Cc1ccc(N)cc1C(=O)NCC(O)C(C)C. The zero-order valence-corrected chi connectivity index (χ0v) is 10.5. The highest BCUT2D eigenvalue weighted by Crippen LogP contribution is 2.12. The predicted octanol–water partition coefficient (Wildman–Crippen LogP) is 1.32. The largest absolute Gasteiger partial charge is 0.399 e. The van der Waals surface area contributed by atoms with E-state index in [0.717, 1.165) is 5.56 Å². The third-order valence-electron chi connectivity index (χ3n) is 2.75. The number of nitrogen functional groups attached to an aromatic ring is 1. The summed E-state index contributed by atoms with van der Waals surface area (Å²) >= 11 is 0. The van der Waals surface area contributed by atoms with Crippen LogP contribution >= 0.6 is 0 Å². The van der Waals surface area contributed by atoms with Gasteiger partial charge in [-0.05, 0) is 30.5 Å². The van der Waals surface area contributed by atoms with Gasteiger partial charge in [0.15, 0.2) is 0 Å². The van der Waals surface area contributed by atoms with Gasteiger partial charge in [-0.1, -0.05) is 19.9 Å². The Kier molecular flexibility index (Phi) is 4.52. The molecule has 1 aromatic rings. The average Bonchev–Trinajstić information content (AvgIpc) is 2.28. The highest BCUT2D eigenvalue weighted by molar-refractivity contribution is 5.96. The van der Waals surface area contributed by atoms with Crippen molar-refractivity contribution in [2.24, 2.45) is 5.92 Å². The lowest BCUT2D eigenvalue weighted by Gasteiger charge is -2.15. The number of aliphatic hydroxyl groups excluding tert-OH is 1. The van der Waals surface area contributed by atoms with Crippen LogP contribution in [0.3, 0.4) is 0 Å². The Morgan fingerprint density at radius 2 is 2.12 bits per heavy atom. The summed E-state index contributed by atoms with van der Waals surface area (Å²) in [5, 5.41) is 12.3. The molecule has 0 radical (unpaired) electrons. The monoisotopic (exact) mass is 236 g/mol. The van der Waals surface area contributed by atoms with Crippen molar-refractivity contribution in [1.29, 1.82) is 0 Å². The van der Waals surface area contributed by atoms with Gasteiger partial charge in [-0.3, -0.25) is 4.79 Å². The standard InChI is InChI=1S/C13H20N2O2/c1-8(2)12(16)7-15-13(17)11-6-10(14)5-4-9(11)3/h4-6,8,12,16H,7,14H2,1-3H3,(H,15,17). The first-order chi connectivity index (χ1) is 7.91. The number of nitrogens with two attached hydrogens (primary N) is 1. The number of carbonyl (C=O) groups excluding carboxylic acids is 1. The Morgan fingerprint density at radius 3 is 2.71 bits per heavy atom. The fourth-order valence-corrected chi connectivity index (χ4v) is 1.41. The van der Waals surface area contributed by atoms with Gasteiger partial charge >= 0.3 is 0 Å². The van der Waals surface area contributed by atoms with Gasteiger partial charge in [0.2, 0.25) is 0 Å². The molecule has 1 atom stereocenters. The maximum Gasteiger partial charge on any atom is 0.251 e. The van der Waals surface area contributed by atoms with Gasteiger partial charge in [-0.2, -0.15) is 0 Å². The molecule has 1 amide bonds. The molecular formula is C13H20N2O2. The molecule has 0 heterocycles. The van der Waals surface area contributed by atoms with E-state index in [1.165, 1.54) is 0 Å². The minimum absolute atomic E-state index is 0.122. The fraction of sp³-hybridized carbons (Fsp3) is 0.462. The molecule has 1 aromatic carbocycles. The topological polar surface area (TPSA) is 75.4 Å². The number of anilines is 1. The summed E-state index contributed by atoms with van der Waals surface area (Å²) in [5.41, 5.74) is 7.63. The molecule has 1 rings (SSSR count). The summed E-state index contributed by atoms with van der Waals surface area (Å²) in [6.45, 7) is 5.92. The zero-order chi connectivity index (χ0) is 13.0. The van der Waals surface area contributed by atoms with E-state index in [1.54, 1.807) is 12.1 Å². The van der Waals surface area contributed by atoms with Crippen molar-refractivity contribution in [3.05, 3.63) is 29.3 Å². The molecule has 0 aromatic heterocycles. The maximum atomic E-state index is 11.9. The van der Waals surface area contributed by atoms with Gasteiger partial charge in [-0.15, -0.1) is 0 Å². The summed E-state index contributed by atoms with van der Waals surface area (Å²) in [6, 6.07) is 5.21. The van der Waals surface area contributed by atoms with E-state index >= 15 is 0 Å². The third kappa shape index (κ3) is 3.75. The Labute approximate surface area is 102 Å². The number of aliphatic hydroxyl groups is 1. The summed E-state index contributed by atoms with van der Waals surface area (Å²) in [4.78, 5) is 11.9. The fourth-order valence-electron chi connectivity index (χ4n) is 1.41. The molecule has 0 aliphatic rings. The van der Waals surface area contributed by atoms with Crippen molar-refractivity contribution in [3.8, 4) is 0 Å². The van der Waals surface area contributed by atoms with Crippen LogP contribution in [0.25, 0.3) is 0 Å². The van der Waals surface area contributed by atoms with Gasteiger partial charge in [0.05, 0.1) is 6.10 Å². The van der Waals surface area contributed by atoms with Gasteiger partial charge in [0.1, 0.15) is 0 Å². The number of carbonyl (C=O) groups is 1. The highest BCUT2D eigenvalue weighted by Gasteiger charge is 2.13. The Bertz CT molecular complexity index is 402. The number of hydrogen-bond acceptors (Lipinski definition) is 3. The lowest BCUT2D eigenvalue weighted by molar-refractivity contribution is 0.0871. The van der Waals surface area contributed by atoms with E-state index in [0.29, 0.717) is 11.3 Å². The Balaban J connectivity index is 2.67. The molecule has 0 aliphatic carbocycles. The molecule has 4 heteroatoms. The minimum atomic E-state index is -0.527. The van der Waals surface area contributed by atoms with Crippen LogP contribution in [-0.2, 0) is 0 Å². The predicted molar refractivity (Wildman–Crippen MR) is 68.8 cm³/mol. The lowest BCUT2D eigenvalue weighted by atomic mass is 10.1. The van der Waals surface area contributed by atoms with E-state index < -0.39 is 6.10 Å². The average molecular weight is 236 g/mol. The van der Waals surface area contributed by atoms with Gasteiger partial charge in [0.25, 0.3) is 5.91 Å². The van der Waals surface area contributed by atoms with Gasteiger partial charge < -0.3 is 16.2 Å². The van der Waals surface area contributed by atoms with E-state index in [1.807, 2.05) is 26.8 Å². The Hall–Kier alpha value is -1.55. The Morgan fingerprint density at radius 1 is 1.47 bits per heavy atom. The number of benzene rings is 1. The van der Waals surface area contributed by atoms with Crippen LogP contribution in [0.1, 0.15) is 29.8 Å². The molecule has 0 spiro atoms. The first-order valence-corrected chi connectivity index (χ1v) is 5.74. The summed E-state index contributed by atoms with van der Waals surface area (Å²) in [7, 11) is 0. The normalized spacial score (nSPS) is 12.5. The molecule has 17 heavy (non-hydrogen) atoms. The molecule has 4 N–H and O–H groups in total. The maximum absolute atomic E-state index is 11.9. The molecule has 4 nitrogen and oxygen atoms in total. The van der Waals surface area contributed by atoms with Crippen molar-refractivity contribution in [2.45, 2.75) is 26.9 Å². The second-order valence-corrected chi connectivity index (χ2v) is 4.60. The summed E-state index contributed by atoms with van der Waals surface area (Å²) < 4.78 is 0. The van der Waals surface area contributed by atoms with Crippen LogP contribution in [0.5, 0.6) is 0 Å². The molecule has 94 valence electrons. The van der Waals surface area contributed by atoms with Crippen molar-refractivity contribution in [3.63, 3.8) is 0 Å². The number of rotatable bonds is 4. The molecule has 1 unspecified atom stereocenters. The van der Waals surface area contributed by atoms with E-state index in [-0.39, 0.29) is 18.4 Å². The quantitative estimate of drug-likeness (QED) is 0.690. The highest BCUT2D eigenvalue weighted by atomic mass is 16.3. The second-order valence-electron chi connectivity index (χ2n) is 4.60. The third-order valence-corrected chi connectivity index (χ3v) is 2.75. The van der Waals surface area contributed by atoms with Crippen LogP contribution in [-0.4, -0.2) is 23.7 Å². The first-order valence-electron chi connectivity index (χ1n) is 5.74. The van der Waals surface area contributed by atoms with Crippen molar-refractivity contribution < 1.29 is 9.90 Å². The first kappa shape index (κ1) is 13.5.